The van der Waals surface area contributed by atoms with E-state index < -0.39 is 23.0 Å². The summed E-state index contributed by atoms with van der Waals surface area (Å²) < 4.78 is 39.5. The normalized spacial score (nSPS) is 18.2. The lowest BCUT2D eigenvalue weighted by molar-refractivity contribution is -0.137. The van der Waals surface area contributed by atoms with Crippen molar-refractivity contribution in [3.05, 3.63) is 34.1 Å². The summed E-state index contributed by atoms with van der Waals surface area (Å²) >= 11 is 0. The van der Waals surface area contributed by atoms with E-state index in [0.29, 0.717) is 6.07 Å². The van der Waals surface area contributed by atoms with Gasteiger partial charge in [-0.05, 0) is 44.1 Å². The maximum absolute atomic E-state index is 12.8. The third kappa shape index (κ3) is 4.11. The number of halogens is 3. The van der Waals surface area contributed by atoms with Gasteiger partial charge in [0.1, 0.15) is 5.75 Å². The Hall–Kier alpha value is -2.62. The van der Waals surface area contributed by atoms with Crippen molar-refractivity contribution in [2.75, 3.05) is 25.0 Å². The Labute approximate surface area is 159 Å². The number of benzene rings is 1. The minimum absolute atomic E-state index is 0.00137. The summed E-state index contributed by atoms with van der Waals surface area (Å²) in [6.45, 7) is 4.81. The predicted molar refractivity (Wildman–Crippen MR) is 98.1 cm³/mol. The molecule has 2 aromatic rings. The van der Waals surface area contributed by atoms with Crippen LogP contribution in [0.1, 0.15) is 25.3 Å². The lowest BCUT2D eigenvalue weighted by Gasteiger charge is -2.32. The van der Waals surface area contributed by atoms with Gasteiger partial charge in [0.2, 0.25) is 5.82 Å². The summed E-state index contributed by atoms with van der Waals surface area (Å²) in [4.78, 5) is 14.9. The van der Waals surface area contributed by atoms with E-state index in [2.05, 4.69) is 27.3 Å². The van der Waals surface area contributed by atoms with Crippen LogP contribution in [0.3, 0.4) is 0 Å². The van der Waals surface area contributed by atoms with E-state index in [1.807, 2.05) is 0 Å². The van der Waals surface area contributed by atoms with Gasteiger partial charge < -0.3 is 15.3 Å². The highest BCUT2D eigenvalue weighted by Crippen LogP contribution is 2.35. The van der Waals surface area contributed by atoms with Gasteiger partial charge >= 0.3 is 6.18 Å². The number of hydrogen-bond donors (Lipinski definition) is 2. The van der Waals surface area contributed by atoms with E-state index in [4.69, 9.17) is 0 Å². The lowest BCUT2D eigenvalue weighted by Crippen LogP contribution is -2.43. The van der Waals surface area contributed by atoms with Crippen LogP contribution in [0.2, 0.25) is 0 Å². The van der Waals surface area contributed by atoms with Gasteiger partial charge in [0.25, 0.3) is 5.56 Å². The van der Waals surface area contributed by atoms with Gasteiger partial charge in [0.15, 0.2) is 5.82 Å². The fourth-order valence-electron chi connectivity index (χ4n) is 3.34. The number of alkyl halides is 3. The van der Waals surface area contributed by atoms with Crippen molar-refractivity contribution in [3.63, 3.8) is 0 Å². The first-order chi connectivity index (χ1) is 13.2. The van der Waals surface area contributed by atoms with E-state index in [1.54, 1.807) is 0 Å². The minimum Gasteiger partial charge on any atom is -0.507 e. The van der Waals surface area contributed by atoms with Crippen molar-refractivity contribution in [2.45, 2.75) is 32.0 Å². The molecule has 1 aromatic heterocycles. The summed E-state index contributed by atoms with van der Waals surface area (Å²) in [5, 5.41) is 21.0. The molecule has 0 amide bonds. The molecule has 1 fully saturated rings. The van der Waals surface area contributed by atoms with E-state index in [0.717, 1.165) is 49.2 Å². The van der Waals surface area contributed by atoms with Crippen molar-refractivity contribution < 1.29 is 18.3 Å². The molecule has 3 rings (SSSR count). The number of nitrogens with one attached hydrogen (secondary N) is 1. The summed E-state index contributed by atoms with van der Waals surface area (Å²) in [6, 6.07) is 2.58. The van der Waals surface area contributed by atoms with Crippen LogP contribution < -0.4 is 10.9 Å². The number of aromatic nitrogens is 3. The molecule has 152 valence electrons. The lowest BCUT2D eigenvalue weighted by atomic mass is 10.1. The fourth-order valence-corrected chi connectivity index (χ4v) is 3.34. The largest absolute Gasteiger partial charge is 0.507 e. The highest BCUT2D eigenvalue weighted by molar-refractivity contribution is 5.65. The van der Waals surface area contributed by atoms with Crippen LogP contribution in [0.4, 0.5) is 19.0 Å². The monoisotopic (exact) mass is 397 g/mol. The molecule has 1 aliphatic rings. The summed E-state index contributed by atoms with van der Waals surface area (Å²) in [7, 11) is 1.44. The molecule has 1 atom stereocenters. The van der Waals surface area contributed by atoms with E-state index in [1.165, 1.54) is 7.05 Å². The molecule has 1 saturated heterocycles. The molecule has 1 unspecified atom stereocenters. The predicted octanol–water partition coefficient (Wildman–Crippen LogP) is 2.46. The number of anilines is 1. The zero-order chi connectivity index (χ0) is 20.5. The van der Waals surface area contributed by atoms with Crippen molar-refractivity contribution >= 4 is 5.82 Å². The molecule has 0 radical (unpaired) electrons. The Morgan fingerprint density at radius 2 is 2.07 bits per heavy atom. The highest BCUT2D eigenvalue weighted by atomic mass is 19.4. The van der Waals surface area contributed by atoms with Gasteiger partial charge in [0, 0.05) is 19.6 Å². The number of phenols is 1. The molecular formula is C18H22F3N5O2. The van der Waals surface area contributed by atoms with Crippen LogP contribution in [-0.4, -0.2) is 50.4 Å². The van der Waals surface area contributed by atoms with Gasteiger partial charge in [-0.15, -0.1) is 10.2 Å². The van der Waals surface area contributed by atoms with Crippen molar-refractivity contribution in [2.24, 2.45) is 7.05 Å². The van der Waals surface area contributed by atoms with Crippen molar-refractivity contribution in [1.82, 2.24) is 19.7 Å². The number of likely N-dealkylation sites (tertiary alicyclic amines) is 1. The number of nitrogens with zero attached hydrogens (tertiary/aromatic N) is 4. The molecule has 0 bridgehead atoms. The number of likely N-dealkylation sites (N-methyl/N-ethyl adjacent to an activating group) is 1. The number of phenolic OH excluding ortho intramolecular Hbond substituents is 1. The molecule has 10 heteroatoms. The Morgan fingerprint density at radius 3 is 2.71 bits per heavy atom. The molecule has 1 aliphatic heterocycles. The highest BCUT2D eigenvalue weighted by Gasteiger charge is 2.31. The van der Waals surface area contributed by atoms with Crippen LogP contribution in [0.15, 0.2) is 23.0 Å². The smallest absolute Gasteiger partial charge is 0.416 e. The van der Waals surface area contributed by atoms with Gasteiger partial charge in [-0.3, -0.25) is 9.36 Å². The first-order valence-electron chi connectivity index (χ1n) is 9.04. The Kier molecular flexibility index (Phi) is 5.59. The van der Waals surface area contributed by atoms with E-state index >= 15 is 0 Å². The van der Waals surface area contributed by atoms with Crippen molar-refractivity contribution in [3.8, 4) is 17.1 Å². The zero-order valence-electron chi connectivity index (χ0n) is 15.6. The number of piperidine rings is 1. The minimum atomic E-state index is -4.58. The van der Waals surface area contributed by atoms with Gasteiger partial charge in [0.05, 0.1) is 11.1 Å². The van der Waals surface area contributed by atoms with E-state index in [9.17, 15) is 23.1 Å². The number of hydrogen-bond acceptors (Lipinski definition) is 6. The van der Waals surface area contributed by atoms with Crippen LogP contribution in [0.5, 0.6) is 5.75 Å². The average molecular weight is 397 g/mol. The molecule has 28 heavy (non-hydrogen) atoms. The third-order valence-corrected chi connectivity index (χ3v) is 4.93. The molecule has 0 aliphatic carbocycles. The quantitative estimate of drug-likeness (QED) is 0.825. The van der Waals surface area contributed by atoms with Crippen molar-refractivity contribution in [1.29, 1.82) is 0 Å². The average Bonchev–Trinajstić information content (AvgIpc) is 2.65. The van der Waals surface area contributed by atoms with Gasteiger partial charge in [-0.1, -0.05) is 6.92 Å². The second-order valence-electron chi connectivity index (χ2n) is 6.84. The fraction of sp³-hybridized carbons (Fsp3) is 0.500. The SMILES string of the molecule is CCN1CCCC(Nc2nnc(-c3ccc(C(F)(F)F)cc3O)n(C)c2=O)C1. The summed E-state index contributed by atoms with van der Waals surface area (Å²) in [6.07, 6.45) is -2.66. The first-order valence-corrected chi connectivity index (χ1v) is 9.04. The molecular weight excluding hydrogens is 375 g/mol. The summed E-state index contributed by atoms with van der Waals surface area (Å²) in [5.41, 5.74) is -1.44. The van der Waals surface area contributed by atoms with E-state index in [-0.39, 0.29) is 23.2 Å². The van der Waals surface area contributed by atoms with Crippen LogP contribution in [-0.2, 0) is 13.2 Å². The Balaban J connectivity index is 1.87. The topological polar surface area (TPSA) is 83.3 Å². The number of rotatable bonds is 4. The maximum Gasteiger partial charge on any atom is 0.416 e. The third-order valence-electron chi connectivity index (χ3n) is 4.93. The van der Waals surface area contributed by atoms with Crippen LogP contribution >= 0.6 is 0 Å². The first kappa shape index (κ1) is 20.1. The summed E-state index contributed by atoms with van der Waals surface area (Å²) in [5.74, 6) is -0.549. The van der Waals surface area contributed by atoms with Crippen LogP contribution in [0, 0.1) is 0 Å². The molecule has 2 N–H and O–H groups in total. The van der Waals surface area contributed by atoms with Gasteiger partial charge in [-0.25, -0.2) is 0 Å². The standard InChI is InChI=1S/C18H22F3N5O2/c1-3-26-8-4-5-12(10-26)22-15-17(28)25(2)16(24-23-15)13-7-6-11(9-14(13)27)18(19,20)21/h6-7,9,12,27H,3-5,8,10H2,1-2H3,(H,22,23). The Morgan fingerprint density at radius 1 is 1.32 bits per heavy atom. The molecule has 0 spiro atoms. The Bertz CT molecular complexity index is 913. The molecule has 1 aromatic carbocycles. The zero-order valence-corrected chi connectivity index (χ0v) is 15.6. The second-order valence-corrected chi connectivity index (χ2v) is 6.84. The van der Waals surface area contributed by atoms with Crippen LogP contribution in [0.25, 0.3) is 11.4 Å². The molecule has 7 nitrogen and oxygen atoms in total. The molecule has 0 saturated carbocycles. The maximum atomic E-state index is 12.8. The molecule has 2 heterocycles. The second kappa shape index (κ2) is 7.78. The number of aromatic hydroxyl groups is 1. The van der Waals surface area contributed by atoms with Gasteiger partial charge in [-0.2, -0.15) is 13.2 Å².